The molecule has 0 fully saturated rings. The van der Waals surface area contributed by atoms with Crippen molar-refractivity contribution in [1.82, 2.24) is 39.9 Å². The van der Waals surface area contributed by atoms with Gasteiger partial charge in [0.05, 0.1) is 67.7 Å². The van der Waals surface area contributed by atoms with E-state index in [9.17, 15) is 30.9 Å². The first-order chi connectivity index (χ1) is 58.9. The zero-order valence-corrected chi connectivity index (χ0v) is 73.2. The van der Waals surface area contributed by atoms with Crippen LogP contribution in [0.1, 0.15) is 16.7 Å². The molecule has 0 saturated carbocycles. The van der Waals surface area contributed by atoms with E-state index in [4.69, 9.17) is 29.5 Å². The molecule has 124 heavy (non-hydrogen) atoms. The Balaban J connectivity index is 0.000000141. The molecule has 12 aromatic carbocycles. The maximum atomic E-state index is 10.2. The van der Waals surface area contributed by atoms with Crippen molar-refractivity contribution in [2.45, 2.75) is 0 Å². The Bertz CT molecular complexity index is 7480. The van der Waals surface area contributed by atoms with Crippen molar-refractivity contribution in [3.63, 3.8) is 0 Å². The van der Waals surface area contributed by atoms with E-state index in [1.165, 1.54) is 0 Å². The first-order valence-electron chi connectivity index (χ1n) is 37.2. The van der Waals surface area contributed by atoms with Crippen LogP contribution in [-0.4, -0.2) is 60.3 Å². The smallest absolute Gasteiger partial charge is 0.262 e. The molecule has 0 radical (unpaired) electrons. The number of aromatic hydroxyl groups is 4. The van der Waals surface area contributed by atoms with Gasteiger partial charge in [-0.25, -0.2) is 19.9 Å². The molecule has 20 aromatic rings. The Hall–Kier alpha value is -15.0. The standard InChI is InChI=1S/4C25H14N3O2.4Pt/c1-26-23-14-6-11-20(27-23)17-8-4-7-16(15-17)18-10-5-13-22-24(18)28-25(30-22)19-9-2-3-12-21(19)29;26-15-18-8-5-13-27-23(18)17-7-3-6-16(14-17)19-10-4-12-22-24(19)28-25(30-22)20-9-1-2-11-21(20)29;26-14-16-11-12-21(27-15-16)18-6-3-5-17(13-18)19-8-4-10-23-24(19)28-25(30-23)20-7-1-2-9-22(20)29;26-15-16-12-17(14-18(13-16)21-8-3-4-11-27-21)19-7-5-10-23-24(19)28-25(30-23)20-6-1-2-9-22(20)29;;;;/h2-14,29H;1-13,29H;1-12,15,29H;1-13,29H;;;;/q4*-1;;;;. The third-order valence-electron chi connectivity index (χ3n) is 19.2. The molecule has 0 bridgehead atoms. The molecule has 4 N–H and O–H groups in total. The summed E-state index contributed by atoms with van der Waals surface area (Å²) in [6.07, 6.45) is 4.92. The molecule has 0 atom stereocenters. The normalized spacial score (nSPS) is 10.4. The summed E-state index contributed by atoms with van der Waals surface area (Å²) in [7, 11) is 0. The molecular weight excluding hydrogens is 2280 g/mol. The Morgan fingerprint density at radius 2 is 0.645 bits per heavy atom. The second kappa shape index (κ2) is 39.5. The Kier molecular flexibility index (Phi) is 27.7. The van der Waals surface area contributed by atoms with Gasteiger partial charge in [-0.15, -0.1) is 113 Å². The van der Waals surface area contributed by atoms with E-state index in [1.807, 2.05) is 182 Å². The fourth-order valence-electron chi connectivity index (χ4n) is 13.5. The van der Waals surface area contributed by atoms with E-state index in [-0.39, 0.29) is 107 Å². The zero-order valence-electron chi connectivity index (χ0n) is 64.1. The van der Waals surface area contributed by atoms with Gasteiger partial charge in [0.2, 0.25) is 23.6 Å². The van der Waals surface area contributed by atoms with Gasteiger partial charge in [0.15, 0.2) is 0 Å². The number of nitrogens with zero attached hydrogens (tertiary/aromatic N) is 12. The molecule has 8 heterocycles. The van der Waals surface area contributed by atoms with Crippen molar-refractivity contribution in [2.24, 2.45) is 0 Å². The monoisotopic (exact) mass is 2330 g/mol. The minimum Gasteiger partial charge on any atom is -0.507 e. The second-order valence-corrected chi connectivity index (χ2v) is 26.8. The van der Waals surface area contributed by atoms with Gasteiger partial charge in [-0.3, -0.25) is 15.0 Å². The van der Waals surface area contributed by atoms with Crippen molar-refractivity contribution < 1.29 is 122 Å². The van der Waals surface area contributed by atoms with Gasteiger partial charge in [0, 0.05) is 125 Å². The summed E-state index contributed by atoms with van der Waals surface area (Å²) in [5.41, 5.74) is 21.2. The molecule has 0 aliphatic carbocycles. The van der Waals surface area contributed by atoms with Gasteiger partial charge >= 0.3 is 0 Å². The Morgan fingerprint density at radius 3 is 1.06 bits per heavy atom. The number of phenols is 4. The van der Waals surface area contributed by atoms with Crippen LogP contribution in [0.2, 0.25) is 0 Å². The molecule has 0 saturated heterocycles. The van der Waals surface area contributed by atoms with Crippen molar-refractivity contribution in [3.8, 4) is 177 Å². The largest absolute Gasteiger partial charge is 0.507 e. The van der Waals surface area contributed by atoms with E-state index in [2.05, 4.69) is 87.2 Å². The molecule has 20 nitrogen and oxygen atoms in total. The van der Waals surface area contributed by atoms with Gasteiger partial charge < -0.3 is 42.9 Å². The molecule has 0 aliphatic heterocycles. The quantitative estimate of drug-likeness (QED) is 0.0826. The summed E-state index contributed by atoms with van der Waals surface area (Å²) in [4.78, 5) is 39.4. The predicted molar refractivity (Wildman–Crippen MR) is 455 cm³/mol. The molecule has 20 rings (SSSR count). The molecule has 24 heteroatoms. The maximum absolute atomic E-state index is 10.2. The van der Waals surface area contributed by atoms with E-state index >= 15 is 0 Å². The molecule has 0 aliphatic rings. The molecule has 0 spiro atoms. The first kappa shape index (κ1) is 86.9. The number of rotatable bonds is 12. The van der Waals surface area contributed by atoms with E-state index in [0.717, 1.165) is 78.1 Å². The van der Waals surface area contributed by atoms with Crippen LogP contribution in [0.5, 0.6) is 23.0 Å². The van der Waals surface area contributed by atoms with Gasteiger partial charge in [-0.1, -0.05) is 172 Å². The average molecular weight is 2330 g/mol. The van der Waals surface area contributed by atoms with Crippen LogP contribution in [0, 0.1) is 64.8 Å². The van der Waals surface area contributed by atoms with Crippen LogP contribution >= 0.6 is 0 Å². The first-order valence-corrected chi connectivity index (χ1v) is 37.2. The summed E-state index contributed by atoms with van der Waals surface area (Å²) in [6, 6.07) is 109. The number of benzene rings is 12. The number of aromatic nitrogens is 8. The molecular formula is C100H56N12O8Pt4-4. The summed E-state index contributed by atoms with van der Waals surface area (Å²) < 4.78 is 23.6. The van der Waals surface area contributed by atoms with Crippen LogP contribution in [0.3, 0.4) is 0 Å². The van der Waals surface area contributed by atoms with Crippen LogP contribution < -0.4 is 0 Å². The minimum absolute atomic E-state index is 0. The van der Waals surface area contributed by atoms with Crippen LogP contribution in [0.4, 0.5) is 5.82 Å². The van der Waals surface area contributed by atoms with Crippen molar-refractivity contribution in [2.75, 3.05) is 0 Å². The number of phenolic OH excluding ortho intramolecular Hbond substituents is 4. The van der Waals surface area contributed by atoms with Crippen LogP contribution in [-0.2, 0) is 84.3 Å². The fourth-order valence-corrected chi connectivity index (χ4v) is 13.5. The number of nitriles is 3. The third-order valence-corrected chi connectivity index (χ3v) is 19.2. The van der Waals surface area contributed by atoms with Crippen molar-refractivity contribution in [3.05, 3.63) is 368 Å². The Labute approximate surface area is 766 Å². The number of oxazole rings is 4. The number of pyridine rings is 4. The number of fused-ring (bicyclic) bond motifs is 4. The molecule has 608 valence electrons. The summed E-state index contributed by atoms with van der Waals surface area (Å²) in [6.45, 7) is 7.17. The maximum Gasteiger partial charge on any atom is 0.262 e. The molecule has 8 aromatic heterocycles. The van der Waals surface area contributed by atoms with Gasteiger partial charge in [0.1, 0.15) is 51.4 Å². The van der Waals surface area contributed by atoms with Gasteiger partial charge in [-0.05, 0) is 115 Å². The Morgan fingerprint density at radius 1 is 0.290 bits per heavy atom. The summed E-state index contributed by atoms with van der Waals surface area (Å²) >= 11 is 0. The van der Waals surface area contributed by atoms with E-state index in [1.54, 1.807) is 134 Å². The summed E-state index contributed by atoms with van der Waals surface area (Å²) in [5, 5.41) is 68.5. The van der Waals surface area contributed by atoms with Gasteiger partial charge in [-0.2, -0.15) is 20.8 Å². The second-order valence-electron chi connectivity index (χ2n) is 26.8. The summed E-state index contributed by atoms with van der Waals surface area (Å²) in [5.74, 6) is 2.19. The fraction of sp³-hybridized carbons (Fsp3) is 0. The van der Waals surface area contributed by atoms with Crippen molar-refractivity contribution >= 4 is 50.2 Å². The SMILES string of the molecule is N#Cc1cc(-c2ccccn2)[c-]c(-c2cccc3oc(-c4ccccc4O)nc23)c1.N#Cc1ccc(-c2[c-]c(-c3cccc4oc(-c5ccccc5O)nc34)ccc2)nc1.N#Cc1cccnc1-c1[c-]c(-c2cccc3oc(-c4ccccc4O)nc23)ccc1.[C-]#[N+]c1cccc(-c2[c-]c(-c3cccc4oc(-c5ccccc5O)nc34)ccc2)n1.[Pt].[Pt].[Pt].[Pt]. The molecule has 0 amide bonds. The van der Waals surface area contributed by atoms with E-state index < -0.39 is 0 Å². The topological polar surface area (TPSA) is 312 Å². The third kappa shape index (κ3) is 18.6. The predicted octanol–water partition coefficient (Wildman–Crippen LogP) is 23.1. The van der Waals surface area contributed by atoms with Crippen molar-refractivity contribution in [1.29, 1.82) is 15.8 Å². The minimum atomic E-state index is 0. The number of hydrogen-bond acceptors (Lipinski definition) is 19. The number of para-hydroxylation sites is 8. The van der Waals surface area contributed by atoms with E-state index in [0.29, 0.717) is 124 Å². The zero-order chi connectivity index (χ0) is 82.0. The molecule has 0 unspecified atom stereocenters. The average Bonchev–Trinajstić information content (AvgIpc) is 1.63. The number of hydrogen-bond donors (Lipinski definition) is 4. The van der Waals surface area contributed by atoms with Crippen LogP contribution in [0.25, 0.3) is 185 Å². The van der Waals surface area contributed by atoms with Crippen LogP contribution in [0.15, 0.2) is 334 Å². The van der Waals surface area contributed by atoms with Gasteiger partial charge in [0.25, 0.3) is 5.82 Å².